The number of hydrogen-bond acceptors (Lipinski definition) is 4. The van der Waals surface area contributed by atoms with Crippen molar-refractivity contribution in [2.75, 3.05) is 11.5 Å². The molecule has 1 aromatic rings. The fourth-order valence-electron chi connectivity index (χ4n) is 2.42. The summed E-state index contributed by atoms with van der Waals surface area (Å²) in [6.45, 7) is 5.33. The van der Waals surface area contributed by atoms with Gasteiger partial charge in [-0.1, -0.05) is 0 Å². The number of aryl methyl sites for hydroxylation is 1. The first kappa shape index (κ1) is 14.1. The lowest BCUT2D eigenvalue weighted by molar-refractivity contribution is -0.122. The number of amides is 1. The zero-order chi connectivity index (χ0) is 14.0. The average Bonchev–Trinajstić information content (AvgIpc) is 2.88. The topological polar surface area (TPSA) is 64.0 Å². The second-order valence-corrected chi connectivity index (χ2v) is 6.04. The van der Waals surface area contributed by atoms with Crippen molar-refractivity contribution in [3.63, 3.8) is 0 Å². The lowest BCUT2D eigenvalue weighted by Gasteiger charge is -2.11. The van der Waals surface area contributed by atoms with Gasteiger partial charge in [0.1, 0.15) is 6.54 Å². The summed E-state index contributed by atoms with van der Waals surface area (Å²) in [6.07, 6.45) is 1.03. The zero-order valence-electron chi connectivity index (χ0n) is 11.5. The first-order valence-corrected chi connectivity index (χ1v) is 7.56. The van der Waals surface area contributed by atoms with Crippen molar-refractivity contribution < 1.29 is 9.59 Å². The van der Waals surface area contributed by atoms with E-state index in [0.29, 0.717) is 11.3 Å². The van der Waals surface area contributed by atoms with E-state index in [1.807, 2.05) is 18.7 Å². The van der Waals surface area contributed by atoms with Crippen LogP contribution in [0.5, 0.6) is 0 Å². The second-order valence-electron chi connectivity index (χ2n) is 4.89. The molecule has 2 rings (SSSR count). The predicted molar refractivity (Wildman–Crippen MR) is 75.6 cm³/mol. The van der Waals surface area contributed by atoms with Crippen LogP contribution < -0.4 is 5.32 Å². The highest BCUT2D eigenvalue weighted by molar-refractivity contribution is 7.99. The lowest BCUT2D eigenvalue weighted by Crippen LogP contribution is -2.37. The number of thioether (sulfide) groups is 1. The van der Waals surface area contributed by atoms with Crippen LogP contribution >= 0.6 is 11.8 Å². The Balaban J connectivity index is 2.04. The molecule has 1 aliphatic rings. The minimum atomic E-state index is -0.0341. The number of carbonyl (C=O) groups is 2. The number of nitrogens with one attached hydrogen (secondary N) is 1. The monoisotopic (exact) mass is 281 g/mol. The Morgan fingerprint density at radius 2 is 2.21 bits per heavy atom. The largest absolute Gasteiger partial charge is 0.351 e. The maximum Gasteiger partial charge on any atom is 0.241 e. The minimum Gasteiger partial charge on any atom is -0.351 e. The van der Waals surface area contributed by atoms with E-state index in [0.717, 1.165) is 23.6 Å². The third-order valence-corrected chi connectivity index (χ3v) is 4.48. The Morgan fingerprint density at radius 3 is 2.74 bits per heavy atom. The van der Waals surface area contributed by atoms with E-state index >= 15 is 0 Å². The molecule has 6 heteroatoms. The number of Topliss-reactive ketones (excluding diaryl/α,β-unsaturated/α-hetero) is 1. The maximum atomic E-state index is 11.9. The summed E-state index contributed by atoms with van der Waals surface area (Å²) >= 11 is 1.86. The van der Waals surface area contributed by atoms with Gasteiger partial charge in [-0.15, -0.1) is 0 Å². The van der Waals surface area contributed by atoms with E-state index < -0.39 is 0 Å². The van der Waals surface area contributed by atoms with E-state index in [9.17, 15) is 9.59 Å². The molecule has 1 saturated heterocycles. The van der Waals surface area contributed by atoms with Gasteiger partial charge >= 0.3 is 0 Å². The number of aromatic nitrogens is 2. The van der Waals surface area contributed by atoms with Crippen LogP contribution in [0.3, 0.4) is 0 Å². The van der Waals surface area contributed by atoms with Gasteiger partial charge in [0.05, 0.1) is 11.3 Å². The van der Waals surface area contributed by atoms with E-state index in [4.69, 9.17) is 0 Å². The number of nitrogens with zero attached hydrogens (tertiary/aromatic N) is 2. The van der Waals surface area contributed by atoms with Gasteiger partial charge in [0.2, 0.25) is 5.91 Å². The van der Waals surface area contributed by atoms with E-state index in [2.05, 4.69) is 10.4 Å². The third kappa shape index (κ3) is 3.18. The highest BCUT2D eigenvalue weighted by atomic mass is 32.2. The van der Waals surface area contributed by atoms with Crippen molar-refractivity contribution in [2.24, 2.45) is 0 Å². The number of rotatable bonds is 4. The van der Waals surface area contributed by atoms with Gasteiger partial charge in [-0.3, -0.25) is 14.3 Å². The SMILES string of the molecule is CC(=O)c1c(C)nn(CC(=O)NC2CCSC2)c1C. The molecule has 104 valence electrons. The van der Waals surface area contributed by atoms with E-state index in [1.54, 1.807) is 11.6 Å². The summed E-state index contributed by atoms with van der Waals surface area (Å²) in [6, 6.07) is 0.279. The Bertz CT molecular complexity index is 504. The fraction of sp³-hybridized carbons (Fsp3) is 0.615. The molecule has 1 aromatic heterocycles. The van der Waals surface area contributed by atoms with Gasteiger partial charge in [0, 0.05) is 17.5 Å². The smallest absolute Gasteiger partial charge is 0.241 e. The number of carbonyl (C=O) groups excluding carboxylic acids is 2. The van der Waals surface area contributed by atoms with E-state index in [1.165, 1.54) is 6.92 Å². The Morgan fingerprint density at radius 1 is 1.47 bits per heavy atom. The average molecular weight is 281 g/mol. The zero-order valence-corrected chi connectivity index (χ0v) is 12.3. The van der Waals surface area contributed by atoms with Crippen molar-refractivity contribution in [2.45, 2.75) is 39.8 Å². The standard InChI is InChI=1S/C13H19N3O2S/c1-8-13(10(3)17)9(2)16(15-8)6-12(18)14-11-4-5-19-7-11/h11H,4-7H2,1-3H3,(H,14,18). The molecule has 0 radical (unpaired) electrons. The van der Waals surface area contributed by atoms with Crippen molar-refractivity contribution >= 4 is 23.5 Å². The Kier molecular flexibility index (Phi) is 4.29. The normalized spacial score (nSPS) is 18.6. The molecule has 0 aromatic carbocycles. The van der Waals surface area contributed by atoms with Crippen molar-refractivity contribution in [1.82, 2.24) is 15.1 Å². The number of hydrogen-bond donors (Lipinski definition) is 1. The molecule has 0 aliphatic carbocycles. The van der Waals surface area contributed by atoms with Gasteiger partial charge in [-0.25, -0.2) is 0 Å². The van der Waals surface area contributed by atoms with Crippen LogP contribution in [0.25, 0.3) is 0 Å². The van der Waals surface area contributed by atoms with Crippen LogP contribution in [-0.2, 0) is 11.3 Å². The molecule has 19 heavy (non-hydrogen) atoms. The van der Waals surface area contributed by atoms with Gasteiger partial charge in [-0.2, -0.15) is 16.9 Å². The summed E-state index contributed by atoms with van der Waals surface area (Å²) < 4.78 is 1.61. The molecular formula is C13H19N3O2S. The van der Waals surface area contributed by atoms with Gasteiger partial charge in [-0.05, 0) is 32.9 Å². The van der Waals surface area contributed by atoms with E-state index in [-0.39, 0.29) is 24.3 Å². The molecule has 2 heterocycles. The third-order valence-electron chi connectivity index (χ3n) is 3.32. The minimum absolute atomic E-state index is 0.00569. The molecule has 0 saturated carbocycles. The molecule has 1 amide bonds. The fourth-order valence-corrected chi connectivity index (χ4v) is 3.57. The Hall–Kier alpha value is -1.30. The molecule has 1 atom stereocenters. The van der Waals surface area contributed by atoms with Crippen LogP contribution in [0.1, 0.15) is 35.1 Å². The summed E-state index contributed by atoms with van der Waals surface area (Å²) in [5, 5.41) is 7.28. The molecule has 1 unspecified atom stereocenters. The molecular weight excluding hydrogens is 262 g/mol. The molecule has 0 bridgehead atoms. The highest BCUT2D eigenvalue weighted by Crippen LogP contribution is 2.17. The van der Waals surface area contributed by atoms with Crippen molar-refractivity contribution in [3.05, 3.63) is 17.0 Å². The first-order valence-electron chi connectivity index (χ1n) is 6.41. The van der Waals surface area contributed by atoms with Gasteiger partial charge in [0.25, 0.3) is 0 Å². The van der Waals surface area contributed by atoms with Crippen LogP contribution in [0.4, 0.5) is 0 Å². The lowest BCUT2D eigenvalue weighted by atomic mass is 10.1. The van der Waals surface area contributed by atoms with Crippen molar-refractivity contribution in [3.8, 4) is 0 Å². The van der Waals surface area contributed by atoms with Crippen LogP contribution in [0.15, 0.2) is 0 Å². The summed E-state index contributed by atoms with van der Waals surface area (Å²) in [5.41, 5.74) is 2.08. The highest BCUT2D eigenvalue weighted by Gasteiger charge is 2.20. The van der Waals surface area contributed by atoms with Crippen LogP contribution in [-0.4, -0.2) is 39.0 Å². The second kappa shape index (κ2) is 5.77. The quantitative estimate of drug-likeness (QED) is 0.846. The van der Waals surface area contributed by atoms with Gasteiger partial charge in [0.15, 0.2) is 5.78 Å². The molecule has 1 aliphatic heterocycles. The maximum absolute atomic E-state index is 11.9. The number of ketones is 1. The van der Waals surface area contributed by atoms with Gasteiger partial charge < -0.3 is 5.32 Å². The molecule has 5 nitrogen and oxygen atoms in total. The van der Waals surface area contributed by atoms with Crippen molar-refractivity contribution in [1.29, 1.82) is 0 Å². The van der Waals surface area contributed by atoms with Crippen LogP contribution in [0.2, 0.25) is 0 Å². The Labute approximate surface area is 117 Å². The summed E-state index contributed by atoms with van der Waals surface area (Å²) in [7, 11) is 0. The molecule has 0 spiro atoms. The molecule has 1 N–H and O–H groups in total. The van der Waals surface area contributed by atoms with Crippen LogP contribution in [0, 0.1) is 13.8 Å². The summed E-state index contributed by atoms with van der Waals surface area (Å²) in [4.78, 5) is 23.5. The molecule has 1 fully saturated rings. The summed E-state index contributed by atoms with van der Waals surface area (Å²) in [5.74, 6) is 2.06. The first-order chi connectivity index (χ1) is 8.99. The predicted octanol–water partition coefficient (Wildman–Crippen LogP) is 1.32.